The number of oxazole rings is 1. The summed E-state index contributed by atoms with van der Waals surface area (Å²) < 4.78 is 12.9. The predicted molar refractivity (Wildman–Crippen MR) is 86.1 cm³/mol. The molecule has 1 amide bonds. The minimum Gasteiger partial charge on any atom is -0.427 e. The minimum absolute atomic E-state index is 0.177. The van der Waals surface area contributed by atoms with E-state index in [1.165, 1.54) is 6.92 Å². The molecule has 0 radical (unpaired) electrons. The predicted octanol–water partition coefficient (Wildman–Crippen LogP) is 2.18. The maximum absolute atomic E-state index is 11.2. The van der Waals surface area contributed by atoms with Crippen molar-refractivity contribution in [2.75, 3.05) is 18.5 Å². The first-order valence-electron chi connectivity index (χ1n) is 7.78. The summed E-state index contributed by atoms with van der Waals surface area (Å²) in [4.78, 5) is 20.0. The van der Waals surface area contributed by atoms with Crippen LogP contribution in [0.5, 0.6) is 0 Å². The maximum atomic E-state index is 11.2. The van der Waals surface area contributed by atoms with Crippen LogP contribution in [0.15, 0.2) is 22.9 Å². The van der Waals surface area contributed by atoms with Gasteiger partial charge in [-0.25, -0.2) is 4.98 Å². The summed E-state index contributed by atoms with van der Waals surface area (Å²) in [6.45, 7) is 4.77. The third-order valence-corrected chi connectivity index (χ3v) is 4.08. The van der Waals surface area contributed by atoms with Crippen LogP contribution in [0.25, 0.3) is 16.9 Å². The summed E-state index contributed by atoms with van der Waals surface area (Å²) >= 11 is 0. The van der Waals surface area contributed by atoms with E-state index in [2.05, 4.69) is 20.4 Å². The third kappa shape index (κ3) is 2.54. The summed E-state index contributed by atoms with van der Waals surface area (Å²) in [6.07, 6.45) is 4.30. The smallest absolute Gasteiger partial charge is 0.323 e. The van der Waals surface area contributed by atoms with Gasteiger partial charge in [0.25, 0.3) is 0 Å². The highest BCUT2D eigenvalue weighted by Crippen LogP contribution is 2.29. The van der Waals surface area contributed by atoms with Gasteiger partial charge in [-0.15, -0.1) is 0 Å². The molecule has 1 saturated heterocycles. The van der Waals surface area contributed by atoms with Crippen molar-refractivity contribution < 1.29 is 13.9 Å². The molecule has 8 heteroatoms. The van der Waals surface area contributed by atoms with Crippen LogP contribution < -0.4 is 5.32 Å². The lowest BCUT2D eigenvalue weighted by Gasteiger charge is -2.02. The zero-order chi connectivity index (χ0) is 16.7. The number of carbonyl (C=O) groups is 1. The molecule has 0 aliphatic carbocycles. The maximum Gasteiger partial charge on any atom is 0.323 e. The van der Waals surface area contributed by atoms with Gasteiger partial charge in [-0.3, -0.25) is 4.79 Å². The summed E-state index contributed by atoms with van der Waals surface area (Å²) in [5.74, 6) is 1.33. The van der Waals surface area contributed by atoms with Gasteiger partial charge in [-0.1, -0.05) is 0 Å². The van der Waals surface area contributed by atoms with Gasteiger partial charge in [0.2, 0.25) is 5.91 Å². The molecule has 1 aliphatic heterocycles. The van der Waals surface area contributed by atoms with Gasteiger partial charge < -0.3 is 14.5 Å². The van der Waals surface area contributed by atoms with Gasteiger partial charge in [-0.05, 0) is 13.3 Å². The second-order valence-corrected chi connectivity index (χ2v) is 5.86. The molecular formula is C16H17N5O3. The van der Waals surface area contributed by atoms with E-state index >= 15 is 0 Å². The number of aromatic nitrogens is 4. The fourth-order valence-electron chi connectivity index (χ4n) is 2.93. The van der Waals surface area contributed by atoms with E-state index in [-0.39, 0.29) is 11.8 Å². The lowest BCUT2D eigenvalue weighted by molar-refractivity contribution is -0.114. The summed E-state index contributed by atoms with van der Waals surface area (Å²) in [7, 11) is 0. The molecule has 0 saturated carbocycles. The van der Waals surface area contributed by atoms with Gasteiger partial charge in [0.1, 0.15) is 11.6 Å². The molecule has 4 heterocycles. The molecular weight excluding hydrogens is 310 g/mol. The van der Waals surface area contributed by atoms with Crippen molar-refractivity contribution in [1.29, 1.82) is 0 Å². The number of rotatable bonds is 3. The standard InChI is InChI=1S/C16H17N5O3/c1-9-15(11-3-4-23-8-11)20-16(24-9)21-13-5-14(19-10(2)22)17-6-12(13)7-18-21/h5-7,11H,3-4,8H2,1-2H3,(H,17,19,22). The van der Waals surface area contributed by atoms with Crippen LogP contribution in [0.4, 0.5) is 5.82 Å². The van der Waals surface area contributed by atoms with Crippen LogP contribution >= 0.6 is 0 Å². The molecule has 3 aromatic rings. The molecule has 0 bridgehead atoms. The molecule has 24 heavy (non-hydrogen) atoms. The average molecular weight is 327 g/mol. The van der Waals surface area contributed by atoms with Gasteiger partial charge >= 0.3 is 6.01 Å². The Morgan fingerprint density at radius 3 is 3.04 bits per heavy atom. The van der Waals surface area contributed by atoms with Crippen molar-refractivity contribution in [3.63, 3.8) is 0 Å². The molecule has 0 aromatic carbocycles. The number of amides is 1. The molecule has 0 spiro atoms. The van der Waals surface area contributed by atoms with E-state index in [0.29, 0.717) is 18.4 Å². The summed E-state index contributed by atoms with van der Waals surface area (Å²) in [6, 6.07) is 2.16. The van der Waals surface area contributed by atoms with E-state index in [0.717, 1.165) is 35.4 Å². The fraction of sp³-hybridized carbons (Fsp3) is 0.375. The number of fused-ring (bicyclic) bond motifs is 1. The monoisotopic (exact) mass is 327 g/mol. The molecule has 8 nitrogen and oxygen atoms in total. The minimum atomic E-state index is -0.177. The van der Waals surface area contributed by atoms with Crippen molar-refractivity contribution in [3.8, 4) is 6.01 Å². The zero-order valence-electron chi connectivity index (χ0n) is 13.4. The van der Waals surface area contributed by atoms with Crippen molar-refractivity contribution in [1.82, 2.24) is 19.7 Å². The number of nitrogens with one attached hydrogen (secondary N) is 1. The largest absolute Gasteiger partial charge is 0.427 e. The second-order valence-electron chi connectivity index (χ2n) is 5.86. The molecule has 1 aliphatic rings. The topological polar surface area (TPSA) is 95.1 Å². The number of anilines is 1. The zero-order valence-corrected chi connectivity index (χ0v) is 13.4. The Hall–Kier alpha value is -2.74. The Bertz CT molecular complexity index is 908. The van der Waals surface area contributed by atoms with Gasteiger partial charge in [0, 0.05) is 37.1 Å². The van der Waals surface area contributed by atoms with Crippen molar-refractivity contribution in [2.24, 2.45) is 0 Å². The third-order valence-electron chi connectivity index (χ3n) is 4.08. The molecule has 1 fully saturated rings. The van der Waals surface area contributed by atoms with Crippen LogP contribution in [0.2, 0.25) is 0 Å². The Kier molecular flexibility index (Phi) is 3.53. The number of hydrogen-bond acceptors (Lipinski definition) is 6. The lowest BCUT2D eigenvalue weighted by Crippen LogP contribution is -2.07. The average Bonchev–Trinajstić information content (AvgIpc) is 3.24. The number of pyridine rings is 1. The first-order valence-corrected chi connectivity index (χ1v) is 7.78. The quantitative estimate of drug-likeness (QED) is 0.792. The second kappa shape index (κ2) is 5.72. The Labute approximate surface area is 137 Å². The fourth-order valence-corrected chi connectivity index (χ4v) is 2.93. The number of hydrogen-bond donors (Lipinski definition) is 1. The Balaban J connectivity index is 1.75. The number of nitrogens with zero attached hydrogens (tertiary/aromatic N) is 4. The molecule has 1 N–H and O–H groups in total. The lowest BCUT2D eigenvalue weighted by atomic mass is 10.0. The van der Waals surface area contributed by atoms with E-state index in [1.54, 1.807) is 23.1 Å². The highest BCUT2D eigenvalue weighted by atomic mass is 16.5. The number of carbonyl (C=O) groups excluding carboxylic acids is 1. The summed E-state index contributed by atoms with van der Waals surface area (Å²) in [5, 5.41) is 7.85. The van der Waals surface area contributed by atoms with Crippen LogP contribution in [0.1, 0.15) is 30.7 Å². The van der Waals surface area contributed by atoms with Crippen molar-refractivity contribution in [2.45, 2.75) is 26.2 Å². The number of ether oxygens (including phenoxy) is 1. The highest BCUT2D eigenvalue weighted by molar-refractivity contribution is 5.90. The molecule has 4 rings (SSSR count). The summed E-state index contributed by atoms with van der Waals surface area (Å²) in [5.41, 5.74) is 1.69. The van der Waals surface area contributed by atoms with E-state index in [4.69, 9.17) is 9.15 Å². The van der Waals surface area contributed by atoms with E-state index in [9.17, 15) is 4.79 Å². The van der Waals surface area contributed by atoms with E-state index in [1.807, 2.05) is 6.92 Å². The van der Waals surface area contributed by atoms with Crippen LogP contribution in [0.3, 0.4) is 0 Å². The van der Waals surface area contributed by atoms with Gasteiger partial charge in [0.05, 0.1) is 24.0 Å². The van der Waals surface area contributed by atoms with Gasteiger partial charge in [-0.2, -0.15) is 14.8 Å². The first kappa shape index (κ1) is 14.8. The SMILES string of the molecule is CC(=O)Nc1cc2c(cn1)cnn2-c1nc(C2CCOC2)c(C)o1. The van der Waals surface area contributed by atoms with Crippen LogP contribution in [-0.2, 0) is 9.53 Å². The van der Waals surface area contributed by atoms with Gasteiger partial charge in [0.15, 0.2) is 0 Å². The van der Waals surface area contributed by atoms with Crippen molar-refractivity contribution in [3.05, 3.63) is 29.9 Å². The number of aryl methyl sites for hydroxylation is 1. The van der Waals surface area contributed by atoms with E-state index < -0.39 is 0 Å². The molecule has 1 unspecified atom stereocenters. The molecule has 3 aromatic heterocycles. The Morgan fingerprint density at radius 2 is 2.29 bits per heavy atom. The normalized spacial score (nSPS) is 17.5. The Morgan fingerprint density at radius 1 is 1.42 bits per heavy atom. The first-order chi connectivity index (χ1) is 11.6. The van der Waals surface area contributed by atoms with Crippen molar-refractivity contribution >= 4 is 22.6 Å². The highest BCUT2D eigenvalue weighted by Gasteiger charge is 2.25. The van der Waals surface area contributed by atoms with Crippen LogP contribution in [0, 0.1) is 6.92 Å². The van der Waals surface area contributed by atoms with Crippen LogP contribution in [-0.4, -0.2) is 38.9 Å². The molecule has 124 valence electrons. The molecule has 1 atom stereocenters.